The van der Waals surface area contributed by atoms with Gasteiger partial charge in [-0.25, -0.2) is 4.79 Å². The quantitative estimate of drug-likeness (QED) is 0.724. The van der Waals surface area contributed by atoms with E-state index >= 15 is 0 Å². The topological polar surface area (TPSA) is 26.3 Å². The van der Waals surface area contributed by atoms with Gasteiger partial charge < -0.3 is 4.74 Å². The predicted molar refractivity (Wildman–Crippen MR) is 58.8 cm³/mol. The predicted octanol–water partition coefficient (Wildman–Crippen LogP) is 2.92. The molecule has 0 aliphatic rings. The van der Waals surface area contributed by atoms with E-state index in [1.165, 1.54) is 0 Å². The van der Waals surface area contributed by atoms with Gasteiger partial charge in [-0.15, -0.1) is 12.4 Å². The van der Waals surface area contributed by atoms with Gasteiger partial charge in [0.15, 0.2) is 0 Å². The lowest BCUT2D eigenvalue weighted by molar-refractivity contribution is 0.0459. The lowest BCUT2D eigenvalue weighted by Gasteiger charge is -2.06. The third-order valence-corrected chi connectivity index (χ3v) is 1.56. The molecule has 0 aliphatic heterocycles. The Morgan fingerprint density at radius 1 is 1.29 bits per heavy atom. The van der Waals surface area contributed by atoms with Crippen LogP contribution in [0.5, 0.6) is 0 Å². The van der Waals surface area contributed by atoms with Gasteiger partial charge in [-0.3, -0.25) is 0 Å². The maximum atomic E-state index is 11.3. The second-order valence-electron chi connectivity index (χ2n) is 3.36. The number of benzene rings is 1. The van der Waals surface area contributed by atoms with Crippen molar-refractivity contribution in [3.8, 4) is 0 Å². The molecule has 0 amide bonds. The molecule has 14 heavy (non-hydrogen) atoms. The van der Waals surface area contributed by atoms with E-state index < -0.39 is 0 Å². The molecule has 1 rings (SSSR count). The largest absolute Gasteiger partial charge is 0.462 e. The molecule has 1 aromatic carbocycles. The SMILES string of the molecule is CC(C)COC(=O)c1ccccc1.Cl. The highest BCUT2D eigenvalue weighted by molar-refractivity contribution is 5.89. The molecular weight excluding hydrogens is 200 g/mol. The van der Waals surface area contributed by atoms with Crippen molar-refractivity contribution in [2.24, 2.45) is 5.92 Å². The number of hydrogen-bond donors (Lipinski definition) is 0. The van der Waals surface area contributed by atoms with Gasteiger partial charge in [0.1, 0.15) is 0 Å². The lowest BCUT2D eigenvalue weighted by Crippen LogP contribution is -2.09. The average Bonchev–Trinajstić information content (AvgIpc) is 2.15. The maximum absolute atomic E-state index is 11.3. The lowest BCUT2D eigenvalue weighted by atomic mass is 10.2. The molecule has 0 saturated carbocycles. The fourth-order valence-electron chi connectivity index (χ4n) is 0.900. The number of hydrogen-bond acceptors (Lipinski definition) is 2. The second-order valence-corrected chi connectivity index (χ2v) is 3.36. The molecule has 0 heterocycles. The van der Waals surface area contributed by atoms with Gasteiger partial charge >= 0.3 is 5.97 Å². The Morgan fingerprint density at radius 3 is 2.36 bits per heavy atom. The molecule has 0 spiro atoms. The number of halogens is 1. The van der Waals surface area contributed by atoms with E-state index in [0.29, 0.717) is 18.1 Å². The monoisotopic (exact) mass is 214 g/mol. The smallest absolute Gasteiger partial charge is 0.338 e. The minimum absolute atomic E-state index is 0. The van der Waals surface area contributed by atoms with Crippen LogP contribution in [-0.4, -0.2) is 12.6 Å². The second kappa shape index (κ2) is 6.44. The number of esters is 1. The molecule has 0 saturated heterocycles. The molecule has 0 aliphatic carbocycles. The van der Waals surface area contributed by atoms with Gasteiger partial charge in [-0.1, -0.05) is 32.0 Å². The molecule has 0 unspecified atom stereocenters. The van der Waals surface area contributed by atoms with E-state index in [-0.39, 0.29) is 18.4 Å². The van der Waals surface area contributed by atoms with Crippen LogP contribution in [0.25, 0.3) is 0 Å². The fraction of sp³-hybridized carbons (Fsp3) is 0.364. The summed E-state index contributed by atoms with van der Waals surface area (Å²) in [6.07, 6.45) is 0. The van der Waals surface area contributed by atoms with Gasteiger partial charge in [-0.05, 0) is 18.1 Å². The molecule has 1 aromatic rings. The van der Waals surface area contributed by atoms with Crippen LogP contribution in [0.1, 0.15) is 24.2 Å². The van der Waals surface area contributed by atoms with E-state index in [0.717, 1.165) is 0 Å². The maximum Gasteiger partial charge on any atom is 0.338 e. The van der Waals surface area contributed by atoms with Crippen molar-refractivity contribution >= 4 is 18.4 Å². The number of rotatable bonds is 3. The first kappa shape index (κ1) is 13.0. The molecule has 0 aromatic heterocycles. The van der Waals surface area contributed by atoms with Crippen molar-refractivity contribution in [2.45, 2.75) is 13.8 Å². The van der Waals surface area contributed by atoms with Crippen LogP contribution in [0.3, 0.4) is 0 Å². The van der Waals surface area contributed by atoms with Crippen molar-refractivity contribution in [3.63, 3.8) is 0 Å². The van der Waals surface area contributed by atoms with Crippen LogP contribution < -0.4 is 0 Å². The Balaban J connectivity index is 0.00000169. The Hall–Kier alpha value is -1.02. The first-order chi connectivity index (χ1) is 6.20. The summed E-state index contributed by atoms with van der Waals surface area (Å²) in [6, 6.07) is 9.03. The third-order valence-electron chi connectivity index (χ3n) is 1.56. The summed E-state index contributed by atoms with van der Waals surface area (Å²) in [7, 11) is 0. The van der Waals surface area contributed by atoms with Gasteiger partial charge in [0.2, 0.25) is 0 Å². The Kier molecular flexibility index (Phi) is 5.97. The van der Waals surface area contributed by atoms with E-state index in [9.17, 15) is 4.79 Å². The van der Waals surface area contributed by atoms with Crippen LogP contribution in [0, 0.1) is 5.92 Å². The fourth-order valence-corrected chi connectivity index (χ4v) is 0.900. The Morgan fingerprint density at radius 2 is 1.86 bits per heavy atom. The molecule has 0 N–H and O–H groups in total. The van der Waals surface area contributed by atoms with Gasteiger partial charge in [0, 0.05) is 0 Å². The first-order valence-corrected chi connectivity index (χ1v) is 4.42. The minimum Gasteiger partial charge on any atom is -0.462 e. The minimum atomic E-state index is -0.241. The number of ether oxygens (including phenoxy) is 1. The Bertz CT molecular complexity index is 270. The van der Waals surface area contributed by atoms with Crippen molar-refractivity contribution in [3.05, 3.63) is 35.9 Å². The molecule has 0 radical (unpaired) electrons. The van der Waals surface area contributed by atoms with Gasteiger partial charge in [0.25, 0.3) is 0 Å². The zero-order chi connectivity index (χ0) is 9.68. The number of carbonyl (C=O) groups excluding carboxylic acids is 1. The molecule has 3 heteroatoms. The number of carbonyl (C=O) groups is 1. The van der Waals surface area contributed by atoms with E-state index in [1.807, 2.05) is 32.0 Å². The zero-order valence-electron chi connectivity index (χ0n) is 8.40. The van der Waals surface area contributed by atoms with E-state index in [4.69, 9.17) is 4.74 Å². The molecule has 0 bridgehead atoms. The summed E-state index contributed by atoms with van der Waals surface area (Å²) in [5.74, 6) is 0.141. The summed E-state index contributed by atoms with van der Waals surface area (Å²) >= 11 is 0. The highest BCUT2D eigenvalue weighted by atomic mass is 35.5. The summed E-state index contributed by atoms with van der Waals surface area (Å²) in [4.78, 5) is 11.3. The van der Waals surface area contributed by atoms with E-state index in [1.54, 1.807) is 12.1 Å². The zero-order valence-corrected chi connectivity index (χ0v) is 9.21. The average molecular weight is 215 g/mol. The normalized spacial score (nSPS) is 9.36. The van der Waals surface area contributed by atoms with Crippen LogP contribution >= 0.6 is 12.4 Å². The first-order valence-electron chi connectivity index (χ1n) is 4.42. The van der Waals surface area contributed by atoms with Crippen molar-refractivity contribution in [1.29, 1.82) is 0 Å². The van der Waals surface area contributed by atoms with Crippen molar-refractivity contribution in [2.75, 3.05) is 6.61 Å². The molecule has 0 atom stereocenters. The highest BCUT2D eigenvalue weighted by Gasteiger charge is 2.05. The molecule has 0 fully saturated rings. The standard InChI is InChI=1S/C11H14O2.ClH/c1-9(2)8-13-11(12)10-6-4-3-5-7-10;/h3-7,9H,8H2,1-2H3;1H. The van der Waals surface area contributed by atoms with Gasteiger partial charge in [0.05, 0.1) is 12.2 Å². The van der Waals surface area contributed by atoms with Crippen LogP contribution in [-0.2, 0) is 4.74 Å². The van der Waals surface area contributed by atoms with Crippen LogP contribution in [0.15, 0.2) is 30.3 Å². The van der Waals surface area contributed by atoms with Gasteiger partial charge in [-0.2, -0.15) is 0 Å². The molecule has 78 valence electrons. The third kappa shape index (κ3) is 4.28. The van der Waals surface area contributed by atoms with Crippen molar-refractivity contribution < 1.29 is 9.53 Å². The summed E-state index contributed by atoms with van der Waals surface area (Å²) in [6.45, 7) is 4.50. The summed E-state index contributed by atoms with van der Waals surface area (Å²) < 4.78 is 5.05. The summed E-state index contributed by atoms with van der Waals surface area (Å²) in [5, 5.41) is 0. The molecular formula is C11H15ClO2. The molecule has 2 nitrogen and oxygen atoms in total. The highest BCUT2D eigenvalue weighted by Crippen LogP contribution is 2.02. The van der Waals surface area contributed by atoms with Crippen LogP contribution in [0.2, 0.25) is 0 Å². The summed E-state index contributed by atoms with van der Waals surface area (Å²) in [5.41, 5.74) is 0.614. The van der Waals surface area contributed by atoms with Crippen molar-refractivity contribution in [1.82, 2.24) is 0 Å². The Labute approximate surface area is 90.7 Å². The van der Waals surface area contributed by atoms with Crippen LogP contribution in [0.4, 0.5) is 0 Å². The van der Waals surface area contributed by atoms with E-state index in [2.05, 4.69) is 0 Å².